The lowest BCUT2D eigenvalue weighted by Crippen LogP contribution is -2.03. The Morgan fingerprint density at radius 3 is 2.69 bits per heavy atom. The first-order valence-electron chi connectivity index (χ1n) is 5.09. The van der Waals surface area contributed by atoms with Gasteiger partial charge in [0.25, 0.3) is 0 Å². The molecule has 1 unspecified atom stereocenters. The van der Waals surface area contributed by atoms with Crippen LogP contribution in [0.3, 0.4) is 0 Å². The molecule has 0 fully saturated rings. The average Bonchev–Trinajstić information content (AvgIpc) is 2.33. The van der Waals surface area contributed by atoms with Gasteiger partial charge in [-0.3, -0.25) is 4.98 Å². The lowest BCUT2D eigenvalue weighted by molar-refractivity contribution is 0.176. The average molecular weight is 217 g/mol. The van der Waals surface area contributed by atoms with Crippen molar-refractivity contribution in [1.29, 1.82) is 0 Å². The smallest absolute Gasteiger partial charge is 0.126 e. The third-order valence-corrected chi connectivity index (χ3v) is 2.44. The van der Waals surface area contributed by atoms with E-state index in [0.717, 1.165) is 0 Å². The van der Waals surface area contributed by atoms with Gasteiger partial charge < -0.3 is 5.11 Å². The molecule has 0 radical (unpaired) electrons. The maximum atomic E-state index is 13.3. The molecule has 1 atom stereocenters. The van der Waals surface area contributed by atoms with E-state index >= 15 is 0 Å². The molecule has 0 aliphatic heterocycles. The number of benzene rings is 1. The van der Waals surface area contributed by atoms with Crippen molar-refractivity contribution in [1.82, 2.24) is 4.98 Å². The van der Waals surface area contributed by atoms with Gasteiger partial charge in [-0.05, 0) is 23.3 Å². The second-order valence-electron chi connectivity index (χ2n) is 3.60. The summed E-state index contributed by atoms with van der Waals surface area (Å²) < 4.78 is 13.3. The van der Waals surface area contributed by atoms with Crippen LogP contribution >= 0.6 is 0 Å². The van der Waals surface area contributed by atoms with Gasteiger partial charge >= 0.3 is 0 Å². The van der Waals surface area contributed by atoms with E-state index < -0.39 is 6.10 Å². The fourth-order valence-electron chi connectivity index (χ4n) is 1.56. The summed E-state index contributed by atoms with van der Waals surface area (Å²) in [6.45, 7) is 0. The Labute approximate surface area is 93.4 Å². The quantitative estimate of drug-likeness (QED) is 0.856. The molecule has 1 aromatic heterocycles. The lowest BCUT2D eigenvalue weighted by Gasteiger charge is -2.10. The van der Waals surface area contributed by atoms with Crippen LogP contribution in [0.1, 0.15) is 17.2 Å². The van der Waals surface area contributed by atoms with Gasteiger partial charge in [0.2, 0.25) is 0 Å². The number of rotatable bonds is 3. The lowest BCUT2D eigenvalue weighted by atomic mass is 10.0. The minimum Gasteiger partial charge on any atom is -0.388 e. The second kappa shape index (κ2) is 4.86. The zero-order chi connectivity index (χ0) is 11.4. The number of aliphatic hydroxyl groups is 1. The molecule has 0 bridgehead atoms. The Hall–Kier alpha value is -1.74. The summed E-state index contributed by atoms with van der Waals surface area (Å²) in [6.07, 6.45) is 2.77. The molecule has 0 aliphatic rings. The van der Waals surface area contributed by atoms with E-state index in [0.29, 0.717) is 11.1 Å². The number of hydrogen-bond donors (Lipinski definition) is 1. The molecule has 0 spiro atoms. The van der Waals surface area contributed by atoms with Crippen LogP contribution in [-0.2, 0) is 6.42 Å². The van der Waals surface area contributed by atoms with Crippen LogP contribution in [0.5, 0.6) is 0 Å². The third-order valence-electron chi connectivity index (χ3n) is 2.44. The first-order chi connectivity index (χ1) is 7.77. The van der Waals surface area contributed by atoms with Crippen LogP contribution in [-0.4, -0.2) is 10.1 Å². The van der Waals surface area contributed by atoms with Gasteiger partial charge in [0.05, 0.1) is 6.10 Å². The summed E-state index contributed by atoms with van der Waals surface area (Å²) in [5.74, 6) is -0.287. The van der Waals surface area contributed by atoms with Crippen LogP contribution in [0.2, 0.25) is 0 Å². The number of hydrogen-bond acceptors (Lipinski definition) is 2. The zero-order valence-electron chi connectivity index (χ0n) is 8.68. The molecule has 0 amide bonds. The van der Waals surface area contributed by atoms with E-state index in [2.05, 4.69) is 4.98 Å². The fourth-order valence-corrected chi connectivity index (χ4v) is 1.56. The molecular weight excluding hydrogens is 205 g/mol. The standard InChI is InChI=1S/C13H12FNO/c14-12-6-2-1-4-10(12)8-13(16)11-5-3-7-15-9-11/h1-7,9,13,16H,8H2. The minimum absolute atomic E-state index is 0.262. The summed E-state index contributed by atoms with van der Waals surface area (Å²) in [4.78, 5) is 3.92. The zero-order valence-corrected chi connectivity index (χ0v) is 8.68. The highest BCUT2D eigenvalue weighted by Crippen LogP contribution is 2.18. The second-order valence-corrected chi connectivity index (χ2v) is 3.60. The van der Waals surface area contributed by atoms with E-state index in [1.165, 1.54) is 6.07 Å². The molecule has 2 nitrogen and oxygen atoms in total. The van der Waals surface area contributed by atoms with Crippen LogP contribution in [0.15, 0.2) is 48.8 Å². The molecule has 0 aliphatic carbocycles. The van der Waals surface area contributed by atoms with E-state index in [9.17, 15) is 9.50 Å². The van der Waals surface area contributed by atoms with Gasteiger partial charge in [-0.1, -0.05) is 24.3 Å². The van der Waals surface area contributed by atoms with Crippen molar-refractivity contribution in [3.63, 3.8) is 0 Å². The number of halogens is 1. The highest BCUT2D eigenvalue weighted by atomic mass is 19.1. The molecule has 0 saturated carbocycles. The molecule has 1 N–H and O–H groups in total. The van der Waals surface area contributed by atoms with Gasteiger partial charge in [0, 0.05) is 18.8 Å². The summed E-state index contributed by atoms with van der Waals surface area (Å²) in [6, 6.07) is 9.99. The Morgan fingerprint density at radius 2 is 2.00 bits per heavy atom. The molecule has 2 rings (SSSR count). The van der Waals surface area contributed by atoms with Crippen molar-refractivity contribution in [2.24, 2.45) is 0 Å². The fraction of sp³-hybridized carbons (Fsp3) is 0.154. The highest BCUT2D eigenvalue weighted by molar-refractivity contribution is 5.21. The molecule has 3 heteroatoms. The van der Waals surface area contributed by atoms with Crippen molar-refractivity contribution in [2.75, 3.05) is 0 Å². The highest BCUT2D eigenvalue weighted by Gasteiger charge is 2.10. The Kier molecular flexibility index (Phi) is 3.27. The molecular formula is C13H12FNO. The molecule has 16 heavy (non-hydrogen) atoms. The van der Waals surface area contributed by atoms with Gasteiger partial charge in [0.15, 0.2) is 0 Å². The summed E-state index contributed by atoms with van der Waals surface area (Å²) in [5, 5.41) is 9.89. The largest absolute Gasteiger partial charge is 0.388 e. The normalized spacial score (nSPS) is 12.4. The Bertz CT molecular complexity index is 458. The molecule has 2 aromatic rings. The third kappa shape index (κ3) is 2.44. The van der Waals surface area contributed by atoms with E-state index in [-0.39, 0.29) is 12.2 Å². The number of pyridine rings is 1. The van der Waals surface area contributed by atoms with Gasteiger partial charge in [-0.2, -0.15) is 0 Å². The van der Waals surface area contributed by atoms with E-state index in [1.807, 2.05) is 0 Å². The van der Waals surface area contributed by atoms with Crippen molar-refractivity contribution in [3.05, 3.63) is 65.7 Å². The summed E-state index contributed by atoms with van der Waals surface area (Å²) >= 11 is 0. The maximum Gasteiger partial charge on any atom is 0.126 e. The van der Waals surface area contributed by atoms with Crippen molar-refractivity contribution < 1.29 is 9.50 Å². The molecule has 82 valence electrons. The van der Waals surface area contributed by atoms with Crippen molar-refractivity contribution in [3.8, 4) is 0 Å². The maximum absolute atomic E-state index is 13.3. The van der Waals surface area contributed by atoms with Gasteiger partial charge in [-0.25, -0.2) is 4.39 Å². The monoisotopic (exact) mass is 217 g/mol. The predicted octanol–water partition coefficient (Wildman–Crippen LogP) is 2.50. The van der Waals surface area contributed by atoms with Crippen LogP contribution < -0.4 is 0 Å². The van der Waals surface area contributed by atoms with E-state index in [4.69, 9.17) is 0 Å². The topological polar surface area (TPSA) is 33.1 Å². The Morgan fingerprint density at radius 1 is 1.19 bits per heavy atom. The van der Waals surface area contributed by atoms with Gasteiger partial charge in [-0.15, -0.1) is 0 Å². The van der Waals surface area contributed by atoms with E-state index in [1.54, 1.807) is 42.7 Å². The number of aromatic nitrogens is 1. The minimum atomic E-state index is -0.717. The Balaban J connectivity index is 2.14. The predicted molar refractivity (Wildman–Crippen MR) is 59.3 cm³/mol. The van der Waals surface area contributed by atoms with Gasteiger partial charge in [0.1, 0.15) is 5.82 Å². The summed E-state index contributed by atoms with van der Waals surface area (Å²) in [7, 11) is 0. The van der Waals surface area contributed by atoms with Crippen LogP contribution in [0.4, 0.5) is 4.39 Å². The summed E-state index contributed by atoms with van der Waals surface area (Å²) in [5.41, 5.74) is 1.21. The molecule has 1 heterocycles. The number of aliphatic hydroxyl groups excluding tert-OH is 1. The first kappa shape index (κ1) is 10.8. The SMILES string of the molecule is OC(Cc1ccccc1F)c1cccnc1. The molecule has 0 saturated heterocycles. The molecule has 1 aromatic carbocycles. The first-order valence-corrected chi connectivity index (χ1v) is 5.09. The van der Waals surface area contributed by atoms with Crippen LogP contribution in [0.25, 0.3) is 0 Å². The van der Waals surface area contributed by atoms with Crippen molar-refractivity contribution >= 4 is 0 Å². The van der Waals surface area contributed by atoms with Crippen molar-refractivity contribution in [2.45, 2.75) is 12.5 Å². The number of nitrogens with zero attached hydrogens (tertiary/aromatic N) is 1. The van der Waals surface area contributed by atoms with Crippen LogP contribution in [0, 0.1) is 5.82 Å².